The second kappa shape index (κ2) is 5.20. The van der Waals surface area contributed by atoms with Crippen LogP contribution in [0.4, 0.5) is 5.69 Å². The highest BCUT2D eigenvalue weighted by Gasteiger charge is 2.12. The molecule has 1 N–H and O–H groups in total. The minimum Gasteiger partial charge on any atom is -0.320 e. The van der Waals surface area contributed by atoms with E-state index >= 15 is 0 Å². The third kappa shape index (κ3) is 2.79. The number of aryl methyl sites for hydroxylation is 3. The first-order valence-corrected chi connectivity index (χ1v) is 7.10. The van der Waals surface area contributed by atoms with E-state index in [1.165, 1.54) is 11.3 Å². The van der Waals surface area contributed by atoms with Crippen LogP contribution in [0.1, 0.15) is 26.6 Å². The second-order valence-corrected chi connectivity index (χ2v) is 6.48. The number of hydrogen-bond donors (Lipinski definition) is 1. The summed E-state index contributed by atoms with van der Waals surface area (Å²) in [5.41, 5.74) is 3.60. The molecule has 3 nitrogen and oxygen atoms in total. The maximum Gasteiger partial charge on any atom is 0.265 e. The van der Waals surface area contributed by atoms with E-state index in [9.17, 15) is 4.79 Å². The maximum atomic E-state index is 12.1. The van der Waals surface area contributed by atoms with E-state index in [4.69, 9.17) is 0 Å². The van der Waals surface area contributed by atoms with E-state index in [0.717, 1.165) is 26.4 Å². The first kappa shape index (κ1) is 13.2. The monoisotopic (exact) mass is 324 g/mol. The first-order chi connectivity index (χ1) is 8.47. The number of thiophene rings is 1. The summed E-state index contributed by atoms with van der Waals surface area (Å²) < 4.78 is 0.992. The summed E-state index contributed by atoms with van der Waals surface area (Å²) in [6.07, 6.45) is 0. The van der Waals surface area contributed by atoms with Gasteiger partial charge in [0.05, 0.1) is 20.0 Å². The molecule has 0 unspecified atom stereocenters. The van der Waals surface area contributed by atoms with Gasteiger partial charge < -0.3 is 5.32 Å². The Morgan fingerprint density at radius 2 is 2.06 bits per heavy atom. The number of amides is 1. The van der Waals surface area contributed by atoms with E-state index in [-0.39, 0.29) is 5.91 Å². The highest BCUT2D eigenvalue weighted by Crippen LogP contribution is 2.28. The van der Waals surface area contributed by atoms with Crippen LogP contribution < -0.4 is 5.32 Å². The number of nitrogens with one attached hydrogen (secondary N) is 1. The topological polar surface area (TPSA) is 42.0 Å². The Bertz CT molecular complexity index is 588. The van der Waals surface area contributed by atoms with Crippen molar-refractivity contribution in [2.24, 2.45) is 0 Å². The van der Waals surface area contributed by atoms with Gasteiger partial charge >= 0.3 is 0 Å². The smallest absolute Gasteiger partial charge is 0.265 e. The fourth-order valence-electron chi connectivity index (χ4n) is 1.57. The third-order valence-corrected chi connectivity index (χ3v) is 4.69. The van der Waals surface area contributed by atoms with E-state index in [2.05, 4.69) is 26.2 Å². The molecule has 0 saturated heterocycles. The van der Waals surface area contributed by atoms with Gasteiger partial charge in [0, 0.05) is 5.69 Å². The van der Waals surface area contributed by atoms with Crippen molar-refractivity contribution in [3.8, 4) is 0 Å². The molecule has 5 heteroatoms. The predicted octanol–water partition coefficient (Wildman–Crippen LogP) is 4.08. The fourth-order valence-corrected chi connectivity index (χ4v) is 3.00. The lowest BCUT2D eigenvalue weighted by Crippen LogP contribution is -2.11. The zero-order valence-corrected chi connectivity index (χ0v) is 12.8. The molecule has 0 bridgehead atoms. The molecule has 18 heavy (non-hydrogen) atoms. The number of rotatable bonds is 2. The van der Waals surface area contributed by atoms with Gasteiger partial charge in [0.15, 0.2) is 0 Å². The number of hydrogen-bond acceptors (Lipinski definition) is 3. The number of aromatic nitrogens is 1. The molecule has 0 fully saturated rings. The molecular weight excluding hydrogens is 312 g/mol. The zero-order valence-electron chi connectivity index (χ0n) is 10.4. The van der Waals surface area contributed by atoms with E-state index in [1.807, 2.05) is 39.0 Å². The third-order valence-electron chi connectivity index (χ3n) is 2.55. The van der Waals surface area contributed by atoms with Crippen LogP contribution in [0.15, 0.2) is 22.0 Å². The summed E-state index contributed by atoms with van der Waals surface area (Å²) in [4.78, 5) is 17.1. The Labute approximate surface area is 118 Å². The molecule has 2 heterocycles. The van der Waals surface area contributed by atoms with Crippen LogP contribution in [0.3, 0.4) is 0 Å². The van der Waals surface area contributed by atoms with Gasteiger partial charge in [-0.05, 0) is 60.5 Å². The predicted molar refractivity (Wildman–Crippen MR) is 78.4 cm³/mol. The number of carbonyl (C=O) groups is 1. The quantitative estimate of drug-likeness (QED) is 0.904. The van der Waals surface area contributed by atoms with Crippen molar-refractivity contribution in [2.45, 2.75) is 20.8 Å². The molecule has 2 aromatic heterocycles. The Morgan fingerprint density at radius 3 is 2.61 bits per heavy atom. The lowest BCUT2D eigenvalue weighted by atomic mass is 10.2. The van der Waals surface area contributed by atoms with Crippen LogP contribution in [-0.4, -0.2) is 10.9 Å². The molecule has 0 spiro atoms. The fraction of sp³-hybridized carbons (Fsp3) is 0.231. The van der Waals surface area contributed by atoms with Crippen LogP contribution in [0.5, 0.6) is 0 Å². The molecule has 0 aliphatic carbocycles. The molecule has 0 aromatic carbocycles. The van der Waals surface area contributed by atoms with E-state index < -0.39 is 0 Å². The number of pyridine rings is 1. The summed E-state index contributed by atoms with van der Waals surface area (Å²) in [6, 6.07) is 5.64. The van der Waals surface area contributed by atoms with E-state index in [1.54, 1.807) is 0 Å². The standard InChI is InChI=1S/C13H13BrN2OS/c1-7-6-11(18-12(7)14)13(17)16-10-5-4-8(2)15-9(10)3/h4-6H,1-3H3,(H,16,17). The Balaban J connectivity index is 2.21. The Kier molecular flexibility index (Phi) is 3.82. The molecule has 2 rings (SSSR count). The van der Waals surface area contributed by atoms with Crippen LogP contribution in [0, 0.1) is 20.8 Å². The Hall–Kier alpha value is -1.20. The molecule has 1 amide bonds. The van der Waals surface area contributed by atoms with Crippen molar-refractivity contribution >= 4 is 38.9 Å². The summed E-state index contributed by atoms with van der Waals surface area (Å²) in [5, 5.41) is 2.88. The minimum absolute atomic E-state index is 0.0949. The first-order valence-electron chi connectivity index (χ1n) is 5.49. The van der Waals surface area contributed by atoms with Crippen molar-refractivity contribution in [3.63, 3.8) is 0 Å². The van der Waals surface area contributed by atoms with Gasteiger partial charge in [-0.3, -0.25) is 9.78 Å². The summed E-state index contributed by atoms with van der Waals surface area (Å²) in [6.45, 7) is 5.78. The second-order valence-electron chi connectivity index (χ2n) is 4.11. The van der Waals surface area contributed by atoms with Gasteiger partial charge in [-0.1, -0.05) is 0 Å². The highest BCUT2D eigenvalue weighted by atomic mass is 79.9. The Morgan fingerprint density at radius 1 is 1.33 bits per heavy atom. The molecular formula is C13H13BrN2OS. The van der Waals surface area contributed by atoms with Gasteiger partial charge in [0.1, 0.15) is 0 Å². The average molecular weight is 325 g/mol. The molecule has 2 aromatic rings. The minimum atomic E-state index is -0.0949. The van der Waals surface area contributed by atoms with Crippen molar-refractivity contribution in [1.82, 2.24) is 4.98 Å². The van der Waals surface area contributed by atoms with Gasteiger partial charge in [-0.25, -0.2) is 0 Å². The molecule has 0 aliphatic rings. The largest absolute Gasteiger partial charge is 0.320 e. The number of carbonyl (C=O) groups excluding carboxylic acids is 1. The normalized spacial score (nSPS) is 10.4. The highest BCUT2D eigenvalue weighted by molar-refractivity contribution is 9.11. The number of halogens is 1. The SMILES string of the molecule is Cc1ccc(NC(=O)c2cc(C)c(Br)s2)c(C)n1. The summed E-state index contributed by atoms with van der Waals surface area (Å²) in [5.74, 6) is -0.0949. The number of anilines is 1. The average Bonchev–Trinajstić information content (AvgIpc) is 2.63. The van der Waals surface area contributed by atoms with Crippen LogP contribution >= 0.6 is 27.3 Å². The van der Waals surface area contributed by atoms with Crippen LogP contribution in [-0.2, 0) is 0 Å². The van der Waals surface area contributed by atoms with E-state index in [0.29, 0.717) is 4.88 Å². The molecule has 0 atom stereocenters. The van der Waals surface area contributed by atoms with Crippen molar-refractivity contribution in [1.29, 1.82) is 0 Å². The van der Waals surface area contributed by atoms with Crippen molar-refractivity contribution < 1.29 is 4.79 Å². The lowest BCUT2D eigenvalue weighted by molar-refractivity contribution is 0.103. The molecule has 0 saturated carbocycles. The maximum absolute atomic E-state index is 12.1. The van der Waals surface area contributed by atoms with Gasteiger partial charge in [-0.15, -0.1) is 11.3 Å². The lowest BCUT2D eigenvalue weighted by Gasteiger charge is -2.07. The number of nitrogens with zero attached hydrogens (tertiary/aromatic N) is 1. The molecule has 0 aliphatic heterocycles. The van der Waals surface area contributed by atoms with Gasteiger partial charge in [0.25, 0.3) is 5.91 Å². The van der Waals surface area contributed by atoms with Crippen LogP contribution in [0.2, 0.25) is 0 Å². The zero-order chi connectivity index (χ0) is 13.3. The molecule has 94 valence electrons. The van der Waals surface area contributed by atoms with Crippen molar-refractivity contribution in [3.05, 3.63) is 43.8 Å². The summed E-state index contributed by atoms with van der Waals surface area (Å²) in [7, 11) is 0. The van der Waals surface area contributed by atoms with Gasteiger partial charge in [-0.2, -0.15) is 0 Å². The summed E-state index contributed by atoms with van der Waals surface area (Å²) >= 11 is 4.85. The molecule has 0 radical (unpaired) electrons. The van der Waals surface area contributed by atoms with Crippen molar-refractivity contribution in [2.75, 3.05) is 5.32 Å². The van der Waals surface area contributed by atoms with Gasteiger partial charge in [0.2, 0.25) is 0 Å². The van der Waals surface area contributed by atoms with Crippen LogP contribution in [0.25, 0.3) is 0 Å².